The number of esters is 1. The summed E-state index contributed by atoms with van der Waals surface area (Å²) in [6.45, 7) is 2.18. The maximum absolute atomic E-state index is 11.8. The minimum atomic E-state index is -0.959. The summed E-state index contributed by atoms with van der Waals surface area (Å²) < 4.78 is 10.5. The maximum Gasteiger partial charge on any atom is 0.316 e. The van der Waals surface area contributed by atoms with Crippen molar-refractivity contribution in [3.63, 3.8) is 0 Å². The molecule has 1 fully saturated rings. The number of benzene rings is 1. The van der Waals surface area contributed by atoms with Gasteiger partial charge in [0.2, 0.25) is 5.79 Å². The van der Waals surface area contributed by atoms with Crippen LogP contribution < -0.4 is 0 Å². The predicted octanol–water partition coefficient (Wildman–Crippen LogP) is 2.64. The predicted molar refractivity (Wildman–Crippen MR) is 81.4 cm³/mol. The molecule has 0 bridgehead atoms. The molecule has 0 spiro atoms. The van der Waals surface area contributed by atoms with Crippen LogP contribution in [0.1, 0.15) is 31.7 Å². The Morgan fingerprint density at radius 2 is 2.17 bits per heavy atom. The number of para-hydroxylation sites is 1. The van der Waals surface area contributed by atoms with Crippen molar-refractivity contribution in [2.45, 2.75) is 32.0 Å². The number of hydrogen-bond acceptors (Lipinski definition) is 6. The zero-order valence-corrected chi connectivity index (χ0v) is 12.7. The van der Waals surface area contributed by atoms with Gasteiger partial charge in [-0.05, 0) is 24.6 Å². The van der Waals surface area contributed by atoms with Crippen molar-refractivity contribution in [2.75, 3.05) is 6.61 Å². The van der Waals surface area contributed by atoms with E-state index in [1.54, 1.807) is 13.0 Å². The third-order valence-corrected chi connectivity index (χ3v) is 3.41. The van der Waals surface area contributed by atoms with Gasteiger partial charge in [-0.15, -0.1) is 0 Å². The Labute approximate surface area is 133 Å². The van der Waals surface area contributed by atoms with E-state index in [2.05, 4.69) is 0 Å². The highest BCUT2D eigenvalue weighted by Crippen LogP contribution is 2.26. The molecule has 0 saturated carbocycles. The number of carbonyl (C=O) groups is 2. The van der Waals surface area contributed by atoms with Gasteiger partial charge in [0.1, 0.15) is 6.42 Å². The van der Waals surface area contributed by atoms with Crippen LogP contribution in [0.5, 0.6) is 0 Å². The first-order valence-electron chi connectivity index (χ1n) is 7.20. The van der Waals surface area contributed by atoms with Crippen molar-refractivity contribution in [3.05, 3.63) is 46.0 Å². The molecule has 1 aromatic carbocycles. The second-order valence-electron chi connectivity index (χ2n) is 5.35. The van der Waals surface area contributed by atoms with Crippen molar-refractivity contribution in [1.29, 1.82) is 0 Å². The molecule has 0 N–H and O–H groups in total. The van der Waals surface area contributed by atoms with Crippen LogP contribution in [-0.2, 0) is 19.1 Å². The number of ketones is 1. The first-order chi connectivity index (χ1) is 10.9. The Kier molecular flexibility index (Phi) is 5.23. The smallest absolute Gasteiger partial charge is 0.316 e. The summed E-state index contributed by atoms with van der Waals surface area (Å²) >= 11 is 0. The molecule has 7 nitrogen and oxygen atoms in total. The third-order valence-electron chi connectivity index (χ3n) is 3.41. The van der Waals surface area contributed by atoms with Gasteiger partial charge in [0.05, 0.1) is 17.1 Å². The lowest BCUT2D eigenvalue weighted by Crippen LogP contribution is -2.31. The van der Waals surface area contributed by atoms with E-state index >= 15 is 0 Å². The minimum Gasteiger partial charge on any atom is -0.433 e. The Morgan fingerprint density at radius 1 is 1.43 bits per heavy atom. The Hall–Kier alpha value is -2.54. The van der Waals surface area contributed by atoms with Crippen LogP contribution in [-0.4, -0.2) is 29.1 Å². The number of hydrogen-bond donors (Lipinski definition) is 0. The Morgan fingerprint density at radius 3 is 2.83 bits per heavy atom. The standard InChI is InChI=1S/C16H17NO6/c1-16(9-4-10-22-16)23-15(19)11-13(18)8-7-12-5-2-3-6-14(12)17(20)21/h2-3,5-8H,4,9-11H2,1H3. The summed E-state index contributed by atoms with van der Waals surface area (Å²) in [7, 11) is 0. The summed E-state index contributed by atoms with van der Waals surface area (Å²) in [4.78, 5) is 33.9. The number of carbonyl (C=O) groups excluding carboxylic acids is 2. The molecule has 0 aliphatic carbocycles. The van der Waals surface area contributed by atoms with E-state index in [-0.39, 0.29) is 5.69 Å². The molecule has 1 atom stereocenters. The number of nitro groups is 1. The quantitative estimate of drug-likeness (QED) is 0.263. The first-order valence-corrected chi connectivity index (χ1v) is 7.20. The molecule has 0 amide bonds. The largest absolute Gasteiger partial charge is 0.433 e. The van der Waals surface area contributed by atoms with Crippen LogP contribution in [0.25, 0.3) is 6.08 Å². The van der Waals surface area contributed by atoms with Gasteiger partial charge in [0, 0.05) is 19.4 Å². The number of nitro benzene ring substituents is 1. The molecule has 2 rings (SSSR count). The third kappa shape index (κ3) is 4.72. The van der Waals surface area contributed by atoms with Crippen LogP contribution in [0.4, 0.5) is 5.69 Å². The van der Waals surface area contributed by atoms with Crippen LogP contribution in [0.15, 0.2) is 30.3 Å². The van der Waals surface area contributed by atoms with Gasteiger partial charge in [-0.25, -0.2) is 0 Å². The van der Waals surface area contributed by atoms with Crippen LogP contribution in [0.3, 0.4) is 0 Å². The van der Waals surface area contributed by atoms with E-state index in [0.29, 0.717) is 18.6 Å². The van der Waals surface area contributed by atoms with E-state index in [9.17, 15) is 19.7 Å². The molecule has 1 aliphatic heterocycles. The summed E-state index contributed by atoms with van der Waals surface area (Å²) in [5.41, 5.74) is 0.191. The van der Waals surface area contributed by atoms with E-state index in [4.69, 9.17) is 9.47 Å². The number of rotatable bonds is 6. The fourth-order valence-electron chi connectivity index (χ4n) is 2.29. The second kappa shape index (κ2) is 7.15. The normalized spacial score (nSPS) is 20.6. The molecule has 0 aromatic heterocycles. The average Bonchev–Trinajstić information content (AvgIpc) is 2.91. The van der Waals surface area contributed by atoms with Gasteiger partial charge in [-0.1, -0.05) is 12.1 Å². The highest BCUT2D eigenvalue weighted by Gasteiger charge is 2.34. The Bertz CT molecular complexity index is 646. The van der Waals surface area contributed by atoms with Crippen molar-refractivity contribution < 1.29 is 24.0 Å². The SMILES string of the molecule is CC1(OC(=O)CC(=O)C=Cc2ccccc2[N+](=O)[O-])CCCO1. The van der Waals surface area contributed by atoms with Crippen molar-refractivity contribution in [1.82, 2.24) is 0 Å². The fraction of sp³-hybridized carbons (Fsp3) is 0.375. The average molecular weight is 319 g/mol. The summed E-state index contributed by atoms with van der Waals surface area (Å²) in [5.74, 6) is -2.12. The monoisotopic (exact) mass is 319 g/mol. The molecule has 1 saturated heterocycles. The second-order valence-corrected chi connectivity index (χ2v) is 5.35. The number of ether oxygens (including phenoxy) is 2. The lowest BCUT2D eigenvalue weighted by atomic mass is 10.1. The molecule has 122 valence electrons. The first kappa shape index (κ1) is 16.8. The van der Waals surface area contributed by atoms with Gasteiger partial charge in [0.25, 0.3) is 5.69 Å². The molecule has 1 aliphatic rings. The van der Waals surface area contributed by atoms with E-state index < -0.39 is 28.9 Å². The molecule has 1 unspecified atom stereocenters. The lowest BCUT2D eigenvalue weighted by Gasteiger charge is -2.22. The maximum atomic E-state index is 11.8. The van der Waals surface area contributed by atoms with Crippen LogP contribution in [0, 0.1) is 10.1 Å². The molecular formula is C16H17NO6. The zero-order chi connectivity index (χ0) is 16.9. The van der Waals surface area contributed by atoms with Crippen molar-refractivity contribution in [2.24, 2.45) is 0 Å². The van der Waals surface area contributed by atoms with Crippen molar-refractivity contribution >= 4 is 23.5 Å². The molecule has 0 radical (unpaired) electrons. The summed E-state index contributed by atoms with van der Waals surface area (Å²) in [6.07, 6.45) is 3.42. The molecule has 23 heavy (non-hydrogen) atoms. The van der Waals surface area contributed by atoms with Gasteiger partial charge >= 0.3 is 5.97 Å². The van der Waals surface area contributed by atoms with Gasteiger partial charge in [-0.2, -0.15) is 0 Å². The van der Waals surface area contributed by atoms with Gasteiger partial charge < -0.3 is 9.47 Å². The van der Waals surface area contributed by atoms with E-state index in [1.165, 1.54) is 24.3 Å². The van der Waals surface area contributed by atoms with Crippen molar-refractivity contribution in [3.8, 4) is 0 Å². The lowest BCUT2D eigenvalue weighted by molar-refractivity contribution is -0.385. The van der Waals surface area contributed by atoms with E-state index in [0.717, 1.165) is 12.5 Å². The van der Waals surface area contributed by atoms with Gasteiger partial charge in [0.15, 0.2) is 5.78 Å². The molecule has 1 heterocycles. The zero-order valence-electron chi connectivity index (χ0n) is 12.7. The van der Waals surface area contributed by atoms with Gasteiger partial charge in [-0.3, -0.25) is 19.7 Å². The topological polar surface area (TPSA) is 95.7 Å². The summed E-state index contributed by atoms with van der Waals surface area (Å²) in [6, 6.07) is 6.03. The minimum absolute atomic E-state index is 0.106. The number of allylic oxidation sites excluding steroid dienone is 1. The molecule has 7 heteroatoms. The summed E-state index contributed by atoms with van der Waals surface area (Å²) in [5, 5.41) is 10.9. The highest BCUT2D eigenvalue weighted by atomic mass is 16.7. The highest BCUT2D eigenvalue weighted by molar-refractivity contribution is 6.04. The number of nitrogens with zero attached hydrogens (tertiary/aromatic N) is 1. The van der Waals surface area contributed by atoms with E-state index in [1.807, 2.05) is 0 Å². The Balaban J connectivity index is 1.94. The van der Waals surface area contributed by atoms with Crippen LogP contribution in [0.2, 0.25) is 0 Å². The molecular weight excluding hydrogens is 302 g/mol. The fourth-order valence-corrected chi connectivity index (χ4v) is 2.29. The van der Waals surface area contributed by atoms with Crippen LogP contribution >= 0.6 is 0 Å². The molecule has 1 aromatic rings.